The third kappa shape index (κ3) is 4.15. The van der Waals surface area contributed by atoms with E-state index in [4.69, 9.17) is 25.5 Å². The number of phenolic OH excluding ortho intramolecular Hbond substituents is 1. The summed E-state index contributed by atoms with van der Waals surface area (Å²) in [6.07, 6.45) is 0. The Morgan fingerprint density at radius 2 is 1.90 bits per heavy atom. The van der Waals surface area contributed by atoms with Gasteiger partial charge in [-0.1, -0.05) is 29.8 Å². The lowest BCUT2D eigenvalue weighted by atomic mass is 10.1. The molecule has 0 aliphatic carbocycles. The number of ether oxygens (including phenoxy) is 2. The van der Waals surface area contributed by atoms with Gasteiger partial charge in [-0.3, -0.25) is 0 Å². The van der Waals surface area contributed by atoms with Gasteiger partial charge < -0.3 is 19.0 Å². The molecule has 154 valence electrons. The van der Waals surface area contributed by atoms with Crippen molar-refractivity contribution in [2.75, 3.05) is 0 Å². The van der Waals surface area contributed by atoms with Gasteiger partial charge in [0.15, 0.2) is 0 Å². The minimum Gasteiger partial charge on any atom is -0.506 e. The molecular formula is C22H15ClN4O4. The average Bonchev–Trinajstić information content (AvgIpc) is 3.44. The molecule has 0 unspecified atom stereocenters. The van der Waals surface area contributed by atoms with E-state index >= 15 is 0 Å². The molecule has 0 amide bonds. The van der Waals surface area contributed by atoms with Crippen LogP contribution in [0.25, 0.3) is 22.4 Å². The molecule has 0 saturated heterocycles. The van der Waals surface area contributed by atoms with Crippen molar-refractivity contribution >= 4 is 22.6 Å². The van der Waals surface area contributed by atoms with Crippen molar-refractivity contribution in [2.45, 2.75) is 6.61 Å². The van der Waals surface area contributed by atoms with E-state index in [1.165, 1.54) is 12.1 Å². The fraction of sp³-hybridized carbons (Fsp3) is 0.0455. The number of nitrogens with one attached hydrogen (secondary N) is 1. The van der Waals surface area contributed by atoms with Gasteiger partial charge in [0.25, 0.3) is 5.95 Å². The Bertz CT molecular complexity index is 1350. The van der Waals surface area contributed by atoms with Crippen molar-refractivity contribution in [3.8, 4) is 34.6 Å². The maximum Gasteiger partial charge on any atom is 0.291 e. The maximum absolute atomic E-state index is 9.52. The number of fused-ring (bicyclic) bond motifs is 1. The van der Waals surface area contributed by atoms with Crippen LogP contribution in [0.3, 0.4) is 0 Å². The Hall–Kier alpha value is -4.04. The zero-order valence-corrected chi connectivity index (χ0v) is 16.7. The van der Waals surface area contributed by atoms with Crippen LogP contribution < -0.4 is 9.47 Å². The Morgan fingerprint density at radius 3 is 2.74 bits per heavy atom. The van der Waals surface area contributed by atoms with Crippen molar-refractivity contribution in [2.24, 2.45) is 0 Å². The van der Waals surface area contributed by atoms with Crippen LogP contribution >= 0.6 is 11.6 Å². The van der Waals surface area contributed by atoms with Crippen molar-refractivity contribution in [3.05, 3.63) is 77.3 Å². The van der Waals surface area contributed by atoms with Crippen LogP contribution in [0.2, 0.25) is 5.02 Å². The number of nitrogens with zero attached hydrogens (tertiary/aromatic N) is 3. The average molecular weight is 435 g/mol. The highest BCUT2D eigenvalue weighted by Gasteiger charge is 2.10. The van der Waals surface area contributed by atoms with E-state index in [0.717, 1.165) is 16.5 Å². The Balaban J connectivity index is 1.30. The maximum atomic E-state index is 9.52. The molecule has 3 aromatic carbocycles. The molecule has 5 aromatic rings. The van der Waals surface area contributed by atoms with Gasteiger partial charge in [0.1, 0.15) is 29.4 Å². The van der Waals surface area contributed by atoms with E-state index in [-0.39, 0.29) is 10.8 Å². The largest absolute Gasteiger partial charge is 0.506 e. The van der Waals surface area contributed by atoms with Gasteiger partial charge >= 0.3 is 0 Å². The van der Waals surface area contributed by atoms with E-state index in [1.807, 2.05) is 42.5 Å². The predicted molar refractivity (Wildman–Crippen MR) is 113 cm³/mol. The molecule has 0 aliphatic rings. The highest BCUT2D eigenvalue weighted by molar-refractivity contribution is 6.32. The molecule has 0 fully saturated rings. The van der Waals surface area contributed by atoms with Crippen molar-refractivity contribution < 1.29 is 19.0 Å². The highest BCUT2D eigenvalue weighted by atomic mass is 35.5. The summed E-state index contributed by atoms with van der Waals surface area (Å²) >= 11 is 5.91. The predicted octanol–water partition coefficient (Wildman–Crippen LogP) is 5.34. The number of benzene rings is 3. The number of tetrazole rings is 1. The van der Waals surface area contributed by atoms with Crippen LogP contribution in [0.15, 0.2) is 71.1 Å². The number of furan rings is 1. The molecule has 0 spiro atoms. The lowest BCUT2D eigenvalue weighted by molar-refractivity contribution is 0.306. The normalized spacial score (nSPS) is 11.0. The first kappa shape index (κ1) is 19.0. The van der Waals surface area contributed by atoms with Gasteiger partial charge in [-0.2, -0.15) is 5.21 Å². The van der Waals surface area contributed by atoms with Gasteiger partial charge in [-0.25, -0.2) is 0 Å². The molecule has 31 heavy (non-hydrogen) atoms. The molecule has 0 radical (unpaired) electrons. The van der Waals surface area contributed by atoms with Gasteiger partial charge in [0, 0.05) is 23.1 Å². The summed E-state index contributed by atoms with van der Waals surface area (Å²) in [4.78, 5) is 0. The fourth-order valence-electron chi connectivity index (χ4n) is 3.06. The molecule has 2 heterocycles. The number of H-pyrrole nitrogens is 1. The molecule has 2 aromatic heterocycles. The SMILES string of the molecule is Oc1ccc(Oc2cc3cc(OCc4cccc(-c5nn[nH]n5)c4)ccc3o2)cc1Cl. The number of hydrogen-bond acceptors (Lipinski definition) is 7. The number of hydrogen-bond donors (Lipinski definition) is 2. The van der Waals surface area contributed by atoms with Crippen LogP contribution in [0.5, 0.6) is 23.2 Å². The summed E-state index contributed by atoms with van der Waals surface area (Å²) in [6, 6.07) is 19.6. The second-order valence-electron chi connectivity index (χ2n) is 6.70. The molecule has 8 nitrogen and oxygen atoms in total. The molecule has 0 bridgehead atoms. The van der Waals surface area contributed by atoms with E-state index in [1.54, 1.807) is 12.1 Å². The fourth-order valence-corrected chi connectivity index (χ4v) is 3.23. The van der Waals surface area contributed by atoms with Crippen molar-refractivity contribution in [1.29, 1.82) is 0 Å². The van der Waals surface area contributed by atoms with Crippen LogP contribution in [0.1, 0.15) is 5.56 Å². The molecule has 0 saturated carbocycles. The van der Waals surface area contributed by atoms with E-state index in [0.29, 0.717) is 35.5 Å². The van der Waals surface area contributed by atoms with Gasteiger partial charge in [0.05, 0.1) is 5.02 Å². The zero-order chi connectivity index (χ0) is 21.2. The Labute approximate surface area is 181 Å². The standard InChI is InChI=1S/C22H15ClN4O4/c23-18-11-17(4-6-19(18)28)30-21-10-15-9-16(5-7-20(15)31-21)29-12-13-2-1-3-14(8-13)22-24-26-27-25-22/h1-11,28H,12H2,(H,24,25,26,27). The van der Waals surface area contributed by atoms with Gasteiger partial charge in [-0.05, 0) is 47.2 Å². The minimum atomic E-state index is -0.0109. The van der Waals surface area contributed by atoms with Crippen LogP contribution in [-0.2, 0) is 6.61 Å². The van der Waals surface area contributed by atoms with Crippen molar-refractivity contribution in [1.82, 2.24) is 20.6 Å². The summed E-state index contributed by atoms with van der Waals surface area (Å²) < 4.78 is 17.3. The first-order chi connectivity index (χ1) is 15.1. The summed E-state index contributed by atoms with van der Waals surface area (Å²) in [6.45, 7) is 0.379. The number of halogens is 1. The van der Waals surface area contributed by atoms with Crippen molar-refractivity contribution in [3.63, 3.8) is 0 Å². The first-order valence-corrected chi connectivity index (χ1v) is 9.67. The van der Waals surface area contributed by atoms with Gasteiger partial charge in [-0.15, -0.1) is 10.2 Å². The zero-order valence-electron chi connectivity index (χ0n) is 15.9. The van der Waals surface area contributed by atoms with E-state index < -0.39 is 0 Å². The number of aromatic hydroxyl groups is 1. The number of aromatic amines is 1. The monoisotopic (exact) mass is 434 g/mol. The highest BCUT2D eigenvalue weighted by Crippen LogP contribution is 2.34. The summed E-state index contributed by atoms with van der Waals surface area (Å²) in [7, 11) is 0. The van der Waals surface area contributed by atoms with Crippen LogP contribution in [0, 0.1) is 0 Å². The molecule has 9 heteroatoms. The van der Waals surface area contributed by atoms with Gasteiger partial charge in [0.2, 0.25) is 5.82 Å². The van der Waals surface area contributed by atoms with Crippen LogP contribution in [-0.4, -0.2) is 25.7 Å². The number of phenols is 1. The summed E-state index contributed by atoms with van der Waals surface area (Å²) in [5, 5.41) is 24.6. The van der Waals surface area contributed by atoms with E-state index in [2.05, 4.69) is 20.6 Å². The van der Waals surface area contributed by atoms with Crippen LogP contribution in [0.4, 0.5) is 0 Å². The number of aromatic nitrogens is 4. The number of rotatable bonds is 6. The van der Waals surface area contributed by atoms with E-state index in [9.17, 15) is 5.11 Å². The summed E-state index contributed by atoms with van der Waals surface area (Å²) in [5.41, 5.74) is 2.49. The third-order valence-electron chi connectivity index (χ3n) is 4.54. The topological polar surface area (TPSA) is 106 Å². The molecule has 2 N–H and O–H groups in total. The first-order valence-electron chi connectivity index (χ1n) is 9.29. The lowest BCUT2D eigenvalue weighted by Gasteiger charge is -2.07. The summed E-state index contributed by atoms with van der Waals surface area (Å²) in [5.74, 6) is 1.98. The molecular weight excluding hydrogens is 420 g/mol. The molecule has 0 aliphatic heterocycles. The minimum absolute atomic E-state index is 0.0109. The smallest absolute Gasteiger partial charge is 0.291 e. The molecule has 0 atom stereocenters. The second kappa shape index (κ2) is 8.00. The lowest BCUT2D eigenvalue weighted by Crippen LogP contribution is -1.95. The quantitative estimate of drug-likeness (QED) is 0.371. The Morgan fingerprint density at radius 1 is 1.00 bits per heavy atom. The second-order valence-corrected chi connectivity index (χ2v) is 7.11. The Kier molecular flexibility index (Phi) is 4.89. The third-order valence-corrected chi connectivity index (χ3v) is 4.84. The molecule has 5 rings (SSSR count).